The van der Waals surface area contributed by atoms with E-state index in [0.29, 0.717) is 5.92 Å². The Balaban J connectivity index is 1.35. The van der Waals surface area contributed by atoms with E-state index in [0.717, 1.165) is 5.92 Å². The summed E-state index contributed by atoms with van der Waals surface area (Å²) in [5.41, 5.74) is 12.6. The lowest BCUT2D eigenvalue weighted by atomic mass is 9.82. The average molecular weight is 526 g/mol. The predicted molar refractivity (Wildman–Crippen MR) is 170 cm³/mol. The Bertz CT molecular complexity index is 1480. The van der Waals surface area contributed by atoms with Gasteiger partial charge < -0.3 is 4.90 Å². The zero-order chi connectivity index (χ0) is 27.1. The number of para-hydroxylation sites is 1. The van der Waals surface area contributed by atoms with Crippen molar-refractivity contribution in [1.29, 1.82) is 0 Å². The van der Waals surface area contributed by atoms with Crippen LogP contribution in [0.5, 0.6) is 0 Å². The molecule has 3 aliphatic carbocycles. The summed E-state index contributed by atoms with van der Waals surface area (Å²) in [5, 5.41) is 0. The lowest BCUT2D eigenvalue weighted by Crippen LogP contribution is -2.18. The molecule has 0 heterocycles. The van der Waals surface area contributed by atoms with Crippen LogP contribution in [0.4, 0.5) is 17.1 Å². The monoisotopic (exact) mass is 525 g/mol. The minimum atomic E-state index is -0.0126. The molecule has 0 N–H and O–H groups in total. The van der Waals surface area contributed by atoms with Crippen LogP contribution in [0.15, 0.2) is 91.0 Å². The first-order valence-corrected chi connectivity index (χ1v) is 15.8. The minimum absolute atomic E-state index is 0.0126. The Hall–Kier alpha value is -3.32. The molecule has 0 aliphatic heterocycles. The molecule has 0 spiro atoms. The van der Waals surface area contributed by atoms with Crippen molar-refractivity contribution in [2.75, 3.05) is 4.90 Å². The number of hydrogen-bond donors (Lipinski definition) is 0. The summed E-state index contributed by atoms with van der Waals surface area (Å²) in [6.07, 6.45) is 13.5. The molecule has 4 aromatic carbocycles. The predicted octanol–water partition coefficient (Wildman–Crippen LogP) is 11.6. The van der Waals surface area contributed by atoms with Gasteiger partial charge in [-0.15, -0.1) is 0 Å². The summed E-state index contributed by atoms with van der Waals surface area (Å²) in [5.74, 6) is 1.37. The fourth-order valence-corrected chi connectivity index (χ4v) is 8.04. The van der Waals surface area contributed by atoms with E-state index in [1.54, 1.807) is 0 Å². The van der Waals surface area contributed by atoms with Gasteiger partial charge in [0.1, 0.15) is 0 Å². The standard InChI is InChI=1S/C39H43N/c1-39(2)36-19-11-9-18-34(36)35-26-25-32(27-37(35)39)40(31-23-21-29(22-24-31)28-13-5-3-6-14-28)38-20-12-10-17-33(38)30-15-7-4-8-16-30/h9-12,17-28,30H,3-8,13-16H2,1-2H3. The molecule has 40 heavy (non-hydrogen) atoms. The van der Waals surface area contributed by atoms with Crippen molar-refractivity contribution in [2.24, 2.45) is 0 Å². The van der Waals surface area contributed by atoms with Crippen LogP contribution in [-0.4, -0.2) is 0 Å². The maximum absolute atomic E-state index is 2.56. The van der Waals surface area contributed by atoms with E-state index < -0.39 is 0 Å². The average Bonchev–Trinajstić information content (AvgIpc) is 3.25. The van der Waals surface area contributed by atoms with Gasteiger partial charge in [0.15, 0.2) is 0 Å². The van der Waals surface area contributed by atoms with E-state index >= 15 is 0 Å². The highest BCUT2D eigenvalue weighted by atomic mass is 15.1. The number of anilines is 3. The number of rotatable bonds is 5. The van der Waals surface area contributed by atoms with Crippen LogP contribution in [0.1, 0.15) is 112 Å². The molecule has 0 unspecified atom stereocenters. The molecule has 2 fully saturated rings. The molecule has 0 amide bonds. The van der Waals surface area contributed by atoms with Gasteiger partial charge >= 0.3 is 0 Å². The zero-order valence-electron chi connectivity index (χ0n) is 24.3. The first-order chi connectivity index (χ1) is 19.6. The van der Waals surface area contributed by atoms with Crippen LogP contribution in [0.3, 0.4) is 0 Å². The topological polar surface area (TPSA) is 3.24 Å². The Kier molecular flexibility index (Phi) is 6.78. The Morgan fingerprint density at radius 2 is 1.15 bits per heavy atom. The van der Waals surface area contributed by atoms with Crippen LogP contribution < -0.4 is 4.90 Å². The van der Waals surface area contributed by atoms with Crippen molar-refractivity contribution in [3.63, 3.8) is 0 Å². The van der Waals surface area contributed by atoms with Crippen LogP contribution in [-0.2, 0) is 5.41 Å². The van der Waals surface area contributed by atoms with Crippen molar-refractivity contribution in [2.45, 2.75) is 95.3 Å². The molecule has 7 rings (SSSR count). The van der Waals surface area contributed by atoms with Gasteiger partial charge in [-0.2, -0.15) is 0 Å². The van der Waals surface area contributed by atoms with E-state index in [9.17, 15) is 0 Å². The molecule has 0 saturated heterocycles. The smallest absolute Gasteiger partial charge is 0.0496 e. The summed E-state index contributed by atoms with van der Waals surface area (Å²) in [6.45, 7) is 4.78. The van der Waals surface area contributed by atoms with Crippen LogP contribution in [0.2, 0.25) is 0 Å². The third-order valence-corrected chi connectivity index (χ3v) is 10.3. The van der Waals surface area contributed by atoms with Crippen LogP contribution >= 0.6 is 0 Å². The maximum atomic E-state index is 2.56. The summed E-state index contributed by atoms with van der Waals surface area (Å²) >= 11 is 0. The highest BCUT2D eigenvalue weighted by molar-refractivity contribution is 5.86. The quantitative estimate of drug-likeness (QED) is 0.250. The zero-order valence-corrected chi connectivity index (χ0v) is 24.3. The molecule has 0 atom stereocenters. The third kappa shape index (κ3) is 4.48. The van der Waals surface area contributed by atoms with E-state index in [1.807, 2.05) is 0 Å². The molecular formula is C39H43N. The van der Waals surface area contributed by atoms with Gasteiger partial charge in [0, 0.05) is 22.5 Å². The highest BCUT2D eigenvalue weighted by Gasteiger charge is 2.36. The maximum Gasteiger partial charge on any atom is 0.0496 e. The molecule has 0 aromatic heterocycles. The van der Waals surface area contributed by atoms with Gasteiger partial charge in [0.05, 0.1) is 0 Å². The third-order valence-electron chi connectivity index (χ3n) is 10.3. The lowest BCUT2D eigenvalue weighted by molar-refractivity contribution is 0.443. The molecule has 1 nitrogen and oxygen atoms in total. The number of nitrogens with zero attached hydrogens (tertiary/aromatic N) is 1. The molecule has 0 radical (unpaired) electrons. The van der Waals surface area contributed by atoms with Gasteiger partial charge in [0.25, 0.3) is 0 Å². The van der Waals surface area contributed by atoms with Crippen LogP contribution in [0, 0.1) is 0 Å². The Labute approximate surface area is 241 Å². The Morgan fingerprint density at radius 3 is 1.90 bits per heavy atom. The normalized spacial score (nSPS) is 18.8. The first-order valence-electron chi connectivity index (χ1n) is 15.8. The largest absolute Gasteiger partial charge is 0.310 e. The summed E-state index contributed by atoms with van der Waals surface area (Å²) < 4.78 is 0. The second kappa shape index (κ2) is 10.6. The van der Waals surface area contributed by atoms with Crippen molar-refractivity contribution in [1.82, 2.24) is 0 Å². The molecule has 1 heteroatoms. The van der Waals surface area contributed by atoms with E-state index in [2.05, 4.69) is 110 Å². The second-order valence-corrected chi connectivity index (χ2v) is 13.1. The molecule has 0 bridgehead atoms. The number of hydrogen-bond acceptors (Lipinski definition) is 1. The van der Waals surface area contributed by atoms with Gasteiger partial charge in [0.2, 0.25) is 0 Å². The summed E-state index contributed by atoms with van der Waals surface area (Å²) in [4.78, 5) is 2.56. The SMILES string of the molecule is CC1(C)c2ccccc2-c2ccc(N(c3ccc(C4CCCCC4)cc3)c3ccccc3C3CCCCC3)cc21. The number of fused-ring (bicyclic) bond motifs is 3. The van der Waals surface area contributed by atoms with Gasteiger partial charge in [-0.05, 0) is 101 Å². The molecule has 4 aromatic rings. The summed E-state index contributed by atoms with van der Waals surface area (Å²) in [7, 11) is 0. The molecular weight excluding hydrogens is 482 g/mol. The fourth-order valence-electron chi connectivity index (χ4n) is 8.04. The molecule has 3 aliphatic rings. The van der Waals surface area contributed by atoms with Gasteiger partial charge in [-0.1, -0.05) is 113 Å². The fraction of sp³-hybridized carbons (Fsp3) is 0.385. The molecule has 204 valence electrons. The Morgan fingerprint density at radius 1 is 0.550 bits per heavy atom. The second-order valence-electron chi connectivity index (χ2n) is 13.1. The van der Waals surface area contributed by atoms with Crippen molar-refractivity contribution < 1.29 is 0 Å². The summed E-state index contributed by atoms with van der Waals surface area (Å²) in [6, 6.07) is 35.1. The van der Waals surface area contributed by atoms with Crippen molar-refractivity contribution in [3.05, 3.63) is 113 Å². The van der Waals surface area contributed by atoms with Crippen molar-refractivity contribution in [3.8, 4) is 11.1 Å². The highest BCUT2D eigenvalue weighted by Crippen LogP contribution is 2.51. The number of benzene rings is 4. The van der Waals surface area contributed by atoms with Crippen molar-refractivity contribution >= 4 is 17.1 Å². The van der Waals surface area contributed by atoms with E-state index in [4.69, 9.17) is 0 Å². The van der Waals surface area contributed by atoms with Gasteiger partial charge in [-0.3, -0.25) is 0 Å². The first kappa shape index (κ1) is 25.6. The lowest BCUT2D eigenvalue weighted by Gasteiger charge is -2.33. The minimum Gasteiger partial charge on any atom is -0.310 e. The van der Waals surface area contributed by atoms with E-state index in [1.165, 1.54) is 115 Å². The van der Waals surface area contributed by atoms with Gasteiger partial charge in [-0.25, -0.2) is 0 Å². The van der Waals surface area contributed by atoms with Crippen LogP contribution in [0.25, 0.3) is 11.1 Å². The molecule has 2 saturated carbocycles. The van der Waals surface area contributed by atoms with E-state index in [-0.39, 0.29) is 5.41 Å².